The van der Waals surface area contributed by atoms with E-state index in [1.807, 2.05) is 58.0 Å². The van der Waals surface area contributed by atoms with Crippen molar-refractivity contribution >= 4 is 17.4 Å². The van der Waals surface area contributed by atoms with E-state index in [-0.39, 0.29) is 17.3 Å². The van der Waals surface area contributed by atoms with Crippen molar-refractivity contribution in [2.45, 2.75) is 52.5 Å². The zero-order valence-corrected chi connectivity index (χ0v) is 20.1. The fourth-order valence-corrected chi connectivity index (χ4v) is 4.19. The summed E-state index contributed by atoms with van der Waals surface area (Å²) in [5.41, 5.74) is 2.27. The van der Waals surface area contributed by atoms with E-state index >= 15 is 0 Å². The van der Waals surface area contributed by atoms with Crippen molar-refractivity contribution in [2.75, 3.05) is 20.3 Å². The number of aliphatic hydroxyl groups is 1. The lowest BCUT2D eigenvalue weighted by Crippen LogP contribution is -2.30. The standard InChI is InChI=1S/C27H33NO5/c1-6-8-15-28-24(18-9-12-20(13-10-18)33-7-2)23(26(30)27(28)31)25(29)19-11-14-22(32-5)21(16-19)17(3)4/h9-14,16-17,24,29H,6-8,15H2,1-5H3/b25-23-. The maximum Gasteiger partial charge on any atom is 0.295 e. The molecule has 0 radical (unpaired) electrons. The number of carbonyl (C=O) groups excluding carboxylic acids is 2. The van der Waals surface area contributed by atoms with E-state index < -0.39 is 17.7 Å². The van der Waals surface area contributed by atoms with Gasteiger partial charge in [-0.05, 0) is 60.7 Å². The Labute approximate surface area is 195 Å². The fourth-order valence-electron chi connectivity index (χ4n) is 4.19. The Morgan fingerprint density at radius 3 is 2.36 bits per heavy atom. The number of Topliss-reactive ketones (excluding diaryl/α,β-unsaturated/α-hetero) is 1. The first-order valence-corrected chi connectivity index (χ1v) is 11.5. The van der Waals surface area contributed by atoms with E-state index in [1.165, 1.54) is 0 Å². The highest BCUT2D eigenvalue weighted by atomic mass is 16.5. The molecule has 3 rings (SSSR count). The molecule has 1 fully saturated rings. The number of rotatable bonds is 9. The molecule has 1 aliphatic rings. The average molecular weight is 452 g/mol. The van der Waals surface area contributed by atoms with Crippen LogP contribution in [-0.4, -0.2) is 42.0 Å². The average Bonchev–Trinajstić information content (AvgIpc) is 3.07. The second-order valence-corrected chi connectivity index (χ2v) is 8.46. The molecule has 0 aliphatic carbocycles. The molecule has 2 aromatic carbocycles. The highest BCUT2D eigenvalue weighted by Crippen LogP contribution is 2.41. The van der Waals surface area contributed by atoms with Crippen molar-refractivity contribution in [3.63, 3.8) is 0 Å². The number of likely N-dealkylation sites (tertiary alicyclic amines) is 1. The number of amides is 1. The minimum Gasteiger partial charge on any atom is -0.507 e. The molecule has 1 unspecified atom stereocenters. The number of methoxy groups -OCH3 is 1. The minimum atomic E-state index is -0.663. The lowest BCUT2D eigenvalue weighted by atomic mass is 9.93. The zero-order valence-electron chi connectivity index (χ0n) is 20.1. The molecule has 0 spiro atoms. The molecule has 6 heteroatoms. The Morgan fingerprint density at radius 1 is 1.09 bits per heavy atom. The molecule has 1 amide bonds. The lowest BCUT2D eigenvalue weighted by Gasteiger charge is -2.25. The topological polar surface area (TPSA) is 76.1 Å². The van der Waals surface area contributed by atoms with Crippen molar-refractivity contribution in [3.8, 4) is 11.5 Å². The third-order valence-corrected chi connectivity index (χ3v) is 5.92. The van der Waals surface area contributed by atoms with E-state index in [2.05, 4.69) is 0 Å². The molecule has 1 N–H and O–H groups in total. The second kappa shape index (κ2) is 10.6. The summed E-state index contributed by atoms with van der Waals surface area (Å²) in [4.78, 5) is 27.7. The molecule has 0 aromatic heterocycles. The normalized spacial score (nSPS) is 17.6. The summed E-state index contributed by atoms with van der Waals surface area (Å²) in [5.74, 6) is 0.166. The second-order valence-electron chi connectivity index (χ2n) is 8.46. The summed E-state index contributed by atoms with van der Waals surface area (Å²) >= 11 is 0. The number of ether oxygens (including phenoxy) is 2. The molecule has 33 heavy (non-hydrogen) atoms. The van der Waals surface area contributed by atoms with Gasteiger partial charge in [0, 0.05) is 12.1 Å². The number of nitrogens with zero attached hydrogens (tertiary/aromatic N) is 1. The Balaban J connectivity index is 2.15. The number of aliphatic hydroxyl groups excluding tert-OH is 1. The van der Waals surface area contributed by atoms with Crippen LogP contribution < -0.4 is 9.47 Å². The summed E-state index contributed by atoms with van der Waals surface area (Å²) < 4.78 is 11.0. The van der Waals surface area contributed by atoms with Crippen LogP contribution in [0.2, 0.25) is 0 Å². The number of unbranched alkanes of at least 4 members (excludes halogenated alkanes) is 1. The first kappa shape index (κ1) is 24.4. The lowest BCUT2D eigenvalue weighted by molar-refractivity contribution is -0.139. The molecule has 6 nitrogen and oxygen atoms in total. The summed E-state index contributed by atoms with van der Waals surface area (Å²) in [6, 6.07) is 12.0. The number of hydrogen-bond acceptors (Lipinski definition) is 5. The molecule has 0 saturated carbocycles. The van der Waals surface area contributed by atoms with E-state index in [9.17, 15) is 14.7 Å². The monoisotopic (exact) mass is 451 g/mol. The largest absolute Gasteiger partial charge is 0.507 e. The van der Waals surface area contributed by atoms with Gasteiger partial charge in [0.15, 0.2) is 0 Å². The molecular weight excluding hydrogens is 418 g/mol. The number of hydrogen-bond donors (Lipinski definition) is 1. The molecule has 176 valence electrons. The van der Waals surface area contributed by atoms with E-state index in [4.69, 9.17) is 9.47 Å². The van der Waals surface area contributed by atoms with E-state index in [1.54, 1.807) is 24.1 Å². The van der Waals surface area contributed by atoms with Crippen LogP contribution in [0.15, 0.2) is 48.0 Å². The van der Waals surface area contributed by atoms with Gasteiger partial charge in [-0.25, -0.2) is 0 Å². The zero-order chi connectivity index (χ0) is 24.1. The van der Waals surface area contributed by atoms with Gasteiger partial charge < -0.3 is 19.5 Å². The van der Waals surface area contributed by atoms with Gasteiger partial charge in [-0.2, -0.15) is 0 Å². The third kappa shape index (κ3) is 4.90. The van der Waals surface area contributed by atoms with Crippen molar-refractivity contribution in [3.05, 3.63) is 64.7 Å². The first-order valence-electron chi connectivity index (χ1n) is 11.5. The van der Waals surface area contributed by atoms with Crippen LogP contribution in [-0.2, 0) is 9.59 Å². The number of carbonyl (C=O) groups is 2. The van der Waals surface area contributed by atoms with Crippen molar-refractivity contribution in [2.24, 2.45) is 0 Å². The van der Waals surface area contributed by atoms with Crippen LogP contribution in [0.3, 0.4) is 0 Å². The first-order chi connectivity index (χ1) is 15.8. The van der Waals surface area contributed by atoms with Crippen LogP contribution in [0.5, 0.6) is 11.5 Å². The maximum atomic E-state index is 13.1. The molecule has 2 aromatic rings. The van der Waals surface area contributed by atoms with E-state index in [0.29, 0.717) is 30.2 Å². The summed E-state index contributed by atoms with van der Waals surface area (Å²) in [6.07, 6.45) is 1.65. The van der Waals surface area contributed by atoms with Crippen molar-refractivity contribution in [1.29, 1.82) is 0 Å². The number of benzene rings is 2. The smallest absolute Gasteiger partial charge is 0.295 e. The van der Waals surface area contributed by atoms with Gasteiger partial charge >= 0.3 is 0 Å². The fraction of sp³-hybridized carbons (Fsp3) is 0.407. The molecular formula is C27H33NO5. The Morgan fingerprint density at radius 2 is 1.79 bits per heavy atom. The predicted molar refractivity (Wildman–Crippen MR) is 129 cm³/mol. The minimum absolute atomic E-state index is 0.111. The quantitative estimate of drug-likeness (QED) is 0.312. The van der Waals surface area contributed by atoms with Gasteiger partial charge in [0.25, 0.3) is 11.7 Å². The van der Waals surface area contributed by atoms with Crippen molar-refractivity contribution < 1.29 is 24.2 Å². The van der Waals surface area contributed by atoms with E-state index in [0.717, 1.165) is 24.0 Å². The van der Waals surface area contributed by atoms with Crippen LogP contribution in [0, 0.1) is 0 Å². The summed E-state index contributed by atoms with van der Waals surface area (Å²) in [7, 11) is 1.60. The summed E-state index contributed by atoms with van der Waals surface area (Å²) in [5, 5.41) is 11.3. The Bertz CT molecular complexity index is 1040. The molecule has 1 saturated heterocycles. The van der Waals surface area contributed by atoms with Crippen molar-refractivity contribution in [1.82, 2.24) is 4.90 Å². The Hall–Kier alpha value is -3.28. The Kier molecular flexibility index (Phi) is 7.79. The third-order valence-electron chi connectivity index (χ3n) is 5.92. The van der Waals surface area contributed by atoms with Gasteiger partial charge in [0.1, 0.15) is 17.3 Å². The summed E-state index contributed by atoms with van der Waals surface area (Å²) in [6.45, 7) is 9.00. The van der Waals surface area contributed by atoms with Gasteiger partial charge in [-0.15, -0.1) is 0 Å². The van der Waals surface area contributed by atoms with Crippen LogP contribution in [0.25, 0.3) is 5.76 Å². The van der Waals surface area contributed by atoms with Gasteiger partial charge in [0.05, 0.1) is 25.3 Å². The van der Waals surface area contributed by atoms with Gasteiger partial charge in [-0.1, -0.05) is 39.3 Å². The van der Waals surface area contributed by atoms with Gasteiger partial charge in [0.2, 0.25) is 0 Å². The number of ketones is 1. The highest BCUT2D eigenvalue weighted by molar-refractivity contribution is 6.46. The molecule has 1 heterocycles. The predicted octanol–water partition coefficient (Wildman–Crippen LogP) is 5.44. The maximum absolute atomic E-state index is 13.1. The molecule has 0 bridgehead atoms. The molecule has 1 atom stereocenters. The SMILES string of the molecule is CCCCN1C(=O)C(=O)/C(=C(\O)c2ccc(OC)c(C(C)C)c2)C1c1ccc(OCC)cc1. The molecule has 1 aliphatic heterocycles. The highest BCUT2D eigenvalue weighted by Gasteiger charge is 2.45. The van der Waals surface area contributed by atoms with Crippen LogP contribution in [0.4, 0.5) is 0 Å². The van der Waals surface area contributed by atoms with Gasteiger partial charge in [-0.3, -0.25) is 9.59 Å². The van der Waals surface area contributed by atoms with Crippen LogP contribution in [0.1, 0.15) is 69.2 Å². The van der Waals surface area contributed by atoms with Crippen LogP contribution >= 0.6 is 0 Å².